The van der Waals surface area contributed by atoms with E-state index in [0.717, 1.165) is 29.8 Å². The molecule has 2 aromatic heterocycles. The molecular formula is C21H19N3O2S. The predicted molar refractivity (Wildman–Crippen MR) is 107 cm³/mol. The van der Waals surface area contributed by atoms with Crippen LogP contribution in [0.1, 0.15) is 27.2 Å². The van der Waals surface area contributed by atoms with Crippen molar-refractivity contribution in [2.24, 2.45) is 0 Å². The van der Waals surface area contributed by atoms with Gasteiger partial charge in [0.25, 0.3) is 5.91 Å². The lowest BCUT2D eigenvalue weighted by Crippen LogP contribution is -2.29. The highest BCUT2D eigenvalue weighted by atomic mass is 32.1. The summed E-state index contributed by atoms with van der Waals surface area (Å²) in [6.07, 6.45) is 5.22. The number of rotatable bonds is 5. The highest BCUT2D eigenvalue weighted by molar-refractivity contribution is 7.09. The van der Waals surface area contributed by atoms with Gasteiger partial charge in [-0.25, -0.2) is 0 Å². The van der Waals surface area contributed by atoms with E-state index < -0.39 is 0 Å². The summed E-state index contributed by atoms with van der Waals surface area (Å²) in [6, 6.07) is 13.3. The molecule has 0 radical (unpaired) electrons. The number of hydrogen-bond acceptors (Lipinski definition) is 4. The fourth-order valence-corrected chi connectivity index (χ4v) is 3.94. The number of hydrogen-bond donors (Lipinski definition) is 1. The van der Waals surface area contributed by atoms with Crippen molar-refractivity contribution in [3.8, 4) is 0 Å². The van der Waals surface area contributed by atoms with E-state index in [0.29, 0.717) is 18.5 Å². The number of carbonyl (C=O) groups excluding carboxylic acids is 2. The molecule has 0 fully saturated rings. The van der Waals surface area contributed by atoms with E-state index in [4.69, 9.17) is 0 Å². The summed E-state index contributed by atoms with van der Waals surface area (Å²) in [4.78, 5) is 32.0. The third-order valence-corrected chi connectivity index (χ3v) is 5.53. The van der Waals surface area contributed by atoms with Gasteiger partial charge in [0.05, 0.1) is 5.56 Å². The number of carbonyl (C=O) groups is 2. The molecule has 1 aliphatic heterocycles. The van der Waals surface area contributed by atoms with E-state index in [1.165, 1.54) is 4.88 Å². The van der Waals surface area contributed by atoms with Crippen molar-refractivity contribution >= 4 is 34.5 Å². The van der Waals surface area contributed by atoms with E-state index in [1.54, 1.807) is 40.8 Å². The second kappa shape index (κ2) is 7.72. The first-order chi connectivity index (χ1) is 13.2. The predicted octanol–water partition coefficient (Wildman–Crippen LogP) is 3.92. The number of nitrogens with zero attached hydrogens (tertiary/aromatic N) is 2. The van der Waals surface area contributed by atoms with Gasteiger partial charge in [-0.2, -0.15) is 0 Å². The van der Waals surface area contributed by atoms with Gasteiger partial charge in [-0.15, -0.1) is 11.3 Å². The molecule has 5 nitrogen and oxygen atoms in total. The standard InChI is InChI=1S/C21H19N3O2S/c25-20(8-7-18-4-2-12-27-18)23-17-6-5-15-9-11-24(19(15)13-17)21(26)16-3-1-10-22-14-16/h1-6,10,12-14H,7-9,11H2,(H,23,25). The Morgan fingerprint density at radius 3 is 2.89 bits per heavy atom. The van der Waals surface area contributed by atoms with Crippen molar-refractivity contribution in [3.63, 3.8) is 0 Å². The van der Waals surface area contributed by atoms with Crippen molar-refractivity contribution in [3.05, 3.63) is 76.2 Å². The van der Waals surface area contributed by atoms with Crippen LogP contribution in [0.2, 0.25) is 0 Å². The number of nitrogens with one attached hydrogen (secondary N) is 1. The molecule has 1 N–H and O–H groups in total. The van der Waals surface area contributed by atoms with E-state index in [2.05, 4.69) is 10.3 Å². The van der Waals surface area contributed by atoms with Gasteiger partial charge in [-0.1, -0.05) is 12.1 Å². The lowest BCUT2D eigenvalue weighted by molar-refractivity contribution is -0.116. The van der Waals surface area contributed by atoms with Crippen molar-refractivity contribution in [2.75, 3.05) is 16.8 Å². The number of thiophene rings is 1. The molecule has 0 bridgehead atoms. The van der Waals surface area contributed by atoms with Crippen molar-refractivity contribution < 1.29 is 9.59 Å². The Balaban J connectivity index is 1.46. The molecule has 1 aromatic carbocycles. The minimum atomic E-state index is -0.0666. The smallest absolute Gasteiger partial charge is 0.259 e. The Labute approximate surface area is 161 Å². The second-order valence-electron chi connectivity index (χ2n) is 6.42. The van der Waals surface area contributed by atoms with Crippen LogP contribution in [-0.2, 0) is 17.6 Å². The van der Waals surface area contributed by atoms with Crippen molar-refractivity contribution in [2.45, 2.75) is 19.3 Å². The average Bonchev–Trinajstić information content (AvgIpc) is 3.36. The quantitative estimate of drug-likeness (QED) is 0.733. The zero-order valence-electron chi connectivity index (χ0n) is 14.7. The molecule has 136 valence electrons. The van der Waals surface area contributed by atoms with E-state index in [1.807, 2.05) is 35.7 Å². The molecule has 0 spiro atoms. The van der Waals surface area contributed by atoms with E-state index >= 15 is 0 Å². The highest BCUT2D eigenvalue weighted by Gasteiger charge is 2.26. The Bertz CT molecular complexity index is 955. The monoisotopic (exact) mass is 377 g/mol. The van der Waals surface area contributed by atoms with Gasteiger partial charge in [0.2, 0.25) is 5.91 Å². The fourth-order valence-electron chi connectivity index (χ4n) is 3.23. The molecular weight excluding hydrogens is 358 g/mol. The van der Waals surface area contributed by atoms with Gasteiger partial charge in [0.1, 0.15) is 0 Å². The van der Waals surface area contributed by atoms with Crippen LogP contribution in [0, 0.1) is 0 Å². The van der Waals surface area contributed by atoms with Crippen molar-refractivity contribution in [1.82, 2.24) is 4.98 Å². The number of pyridine rings is 1. The maximum Gasteiger partial charge on any atom is 0.259 e. The Morgan fingerprint density at radius 2 is 2.11 bits per heavy atom. The molecule has 0 unspecified atom stereocenters. The SMILES string of the molecule is O=C(CCc1cccs1)Nc1ccc2c(c1)N(C(=O)c1cccnc1)CC2. The van der Waals surface area contributed by atoms with Crippen LogP contribution in [0.4, 0.5) is 11.4 Å². The second-order valence-corrected chi connectivity index (χ2v) is 7.45. The summed E-state index contributed by atoms with van der Waals surface area (Å²) < 4.78 is 0. The number of anilines is 2. The first kappa shape index (κ1) is 17.4. The molecule has 0 aliphatic carbocycles. The van der Waals surface area contributed by atoms with Gasteiger partial charge < -0.3 is 10.2 Å². The van der Waals surface area contributed by atoms with Crippen LogP contribution in [-0.4, -0.2) is 23.3 Å². The van der Waals surface area contributed by atoms with E-state index in [-0.39, 0.29) is 11.8 Å². The van der Waals surface area contributed by atoms with Gasteiger partial charge in [-0.05, 0) is 54.1 Å². The summed E-state index contributed by atoms with van der Waals surface area (Å²) in [5.41, 5.74) is 3.26. The normalized spacial score (nSPS) is 12.7. The van der Waals surface area contributed by atoms with Crippen LogP contribution < -0.4 is 10.2 Å². The number of aryl methyl sites for hydroxylation is 1. The Kier molecular flexibility index (Phi) is 4.98. The third-order valence-electron chi connectivity index (χ3n) is 4.60. The summed E-state index contributed by atoms with van der Waals surface area (Å²) in [7, 11) is 0. The van der Waals surface area contributed by atoms with Gasteiger partial charge >= 0.3 is 0 Å². The van der Waals surface area contributed by atoms with Crippen LogP contribution in [0.5, 0.6) is 0 Å². The van der Waals surface area contributed by atoms with Gasteiger partial charge in [-0.3, -0.25) is 14.6 Å². The third kappa shape index (κ3) is 3.90. The lowest BCUT2D eigenvalue weighted by atomic mass is 10.1. The molecule has 1 aliphatic rings. The van der Waals surface area contributed by atoms with Crippen LogP contribution in [0.25, 0.3) is 0 Å². The summed E-state index contributed by atoms with van der Waals surface area (Å²) >= 11 is 1.66. The summed E-state index contributed by atoms with van der Waals surface area (Å²) in [5.74, 6) is -0.0884. The minimum absolute atomic E-state index is 0.0218. The highest BCUT2D eigenvalue weighted by Crippen LogP contribution is 2.32. The van der Waals surface area contributed by atoms with E-state index in [9.17, 15) is 9.59 Å². The molecule has 0 saturated carbocycles. The largest absolute Gasteiger partial charge is 0.326 e. The Morgan fingerprint density at radius 1 is 1.19 bits per heavy atom. The molecule has 27 heavy (non-hydrogen) atoms. The zero-order chi connectivity index (χ0) is 18.6. The Hall–Kier alpha value is -2.99. The molecule has 4 rings (SSSR count). The molecule has 2 amide bonds. The number of fused-ring (bicyclic) bond motifs is 1. The average molecular weight is 377 g/mol. The minimum Gasteiger partial charge on any atom is -0.326 e. The lowest BCUT2D eigenvalue weighted by Gasteiger charge is -2.18. The summed E-state index contributed by atoms with van der Waals surface area (Å²) in [6.45, 7) is 0.638. The zero-order valence-corrected chi connectivity index (χ0v) is 15.5. The van der Waals surface area contributed by atoms with Gasteiger partial charge in [0.15, 0.2) is 0 Å². The molecule has 3 aromatic rings. The number of aromatic nitrogens is 1. The number of amides is 2. The molecule has 6 heteroatoms. The van der Waals surface area contributed by atoms with Crippen LogP contribution >= 0.6 is 11.3 Å². The van der Waals surface area contributed by atoms with Crippen LogP contribution in [0.15, 0.2) is 60.2 Å². The maximum atomic E-state index is 12.8. The fraction of sp³-hybridized carbons (Fsp3) is 0.190. The summed E-state index contributed by atoms with van der Waals surface area (Å²) in [5, 5.41) is 4.96. The van der Waals surface area contributed by atoms with Crippen LogP contribution in [0.3, 0.4) is 0 Å². The molecule has 0 atom stereocenters. The topological polar surface area (TPSA) is 62.3 Å². The van der Waals surface area contributed by atoms with Gasteiger partial charge in [0, 0.05) is 41.6 Å². The maximum absolute atomic E-state index is 12.8. The molecule has 0 saturated heterocycles. The first-order valence-electron chi connectivity index (χ1n) is 8.88. The van der Waals surface area contributed by atoms with Crippen molar-refractivity contribution in [1.29, 1.82) is 0 Å². The first-order valence-corrected chi connectivity index (χ1v) is 9.76. The molecule has 3 heterocycles. The number of benzene rings is 1.